The van der Waals surface area contributed by atoms with Gasteiger partial charge in [-0.3, -0.25) is 4.79 Å². The normalized spacial score (nSPS) is 14.2. The van der Waals surface area contributed by atoms with Crippen LogP contribution < -0.4 is 11.1 Å². The molecule has 0 aliphatic carbocycles. The van der Waals surface area contributed by atoms with Gasteiger partial charge in [0.25, 0.3) is 0 Å². The number of halogens is 2. The maximum atomic E-state index is 11.6. The van der Waals surface area contributed by atoms with Gasteiger partial charge in [0.05, 0.1) is 22.1 Å². The molecule has 0 saturated carbocycles. The minimum absolute atomic E-state index is 0.144. The van der Waals surface area contributed by atoms with Gasteiger partial charge in [0.1, 0.15) is 0 Å². The van der Waals surface area contributed by atoms with Crippen molar-refractivity contribution in [2.24, 2.45) is 5.73 Å². The molecule has 0 heterocycles. The SMILES string of the molecule is CCC(N)C(=O)NC(C)c1ccc(Cl)c(Cl)c1. The average molecular weight is 275 g/mol. The van der Waals surface area contributed by atoms with Crippen LogP contribution in [0.5, 0.6) is 0 Å². The van der Waals surface area contributed by atoms with E-state index in [1.54, 1.807) is 12.1 Å². The third kappa shape index (κ3) is 3.87. The molecule has 3 nitrogen and oxygen atoms in total. The first-order valence-electron chi connectivity index (χ1n) is 5.46. The minimum Gasteiger partial charge on any atom is -0.348 e. The van der Waals surface area contributed by atoms with Crippen molar-refractivity contribution in [3.8, 4) is 0 Å². The van der Waals surface area contributed by atoms with Gasteiger partial charge in [-0.2, -0.15) is 0 Å². The van der Waals surface area contributed by atoms with E-state index in [9.17, 15) is 4.79 Å². The average Bonchev–Trinajstić information content (AvgIpc) is 2.31. The molecule has 0 radical (unpaired) electrons. The molecular weight excluding hydrogens is 259 g/mol. The monoisotopic (exact) mass is 274 g/mol. The maximum absolute atomic E-state index is 11.6. The van der Waals surface area contributed by atoms with Crippen LogP contribution in [0.15, 0.2) is 18.2 Å². The molecular formula is C12H16Cl2N2O. The molecule has 1 amide bonds. The highest BCUT2D eigenvalue weighted by molar-refractivity contribution is 6.42. The lowest BCUT2D eigenvalue weighted by Crippen LogP contribution is -2.41. The lowest BCUT2D eigenvalue weighted by Gasteiger charge is -2.17. The van der Waals surface area contributed by atoms with Crippen LogP contribution in [0.3, 0.4) is 0 Å². The Balaban J connectivity index is 2.73. The zero-order valence-electron chi connectivity index (χ0n) is 9.84. The molecule has 5 heteroatoms. The molecule has 0 fully saturated rings. The van der Waals surface area contributed by atoms with Crippen molar-refractivity contribution >= 4 is 29.1 Å². The second-order valence-corrected chi connectivity index (χ2v) is 4.73. The molecule has 2 unspecified atom stereocenters. The van der Waals surface area contributed by atoms with Crippen LogP contribution in [-0.4, -0.2) is 11.9 Å². The molecule has 0 saturated heterocycles. The standard InChI is InChI=1S/C12H16Cl2N2O/c1-3-11(15)12(17)16-7(2)8-4-5-9(13)10(14)6-8/h4-7,11H,3,15H2,1-2H3,(H,16,17). The van der Waals surface area contributed by atoms with Crippen LogP contribution in [-0.2, 0) is 4.79 Å². The Morgan fingerprint density at radius 3 is 2.59 bits per heavy atom. The number of amides is 1. The predicted molar refractivity (Wildman–Crippen MR) is 71.3 cm³/mol. The number of nitrogens with one attached hydrogen (secondary N) is 1. The fourth-order valence-electron chi connectivity index (χ4n) is 1.37. The van der Waals surface area contributed by atoms with Gasteiger partial charge in [-0.1, -0.05) is 36.2 Å². The predicted octanol–water partition coefficient (Wildman–Crippen LogP) is 2.91. The van der Waals surface area contributed by atoms with Crippen molar-refractivity contribution in [3.63, 3.8) is 0 Å². The highest BCUT2D eigenvalue weighted by atomic mass is 35.5. The Hall–Kier alpha value is -0.770. The smallest absolute Gasteiger partial charge is 0.237 e. The Bertz CT molecular complexity index is 409. The van der Waals surface area contributed by atoms with Crippen LogP contribution in [0.1, 0.15) is 31.9 Å². The highest BCUT2D eigenvalue weighted by Gasteiger charge is 2.15. The lowest BCUT2D eigenvalue weighted by molar-refractivity contribution is -0.123. The number of rotatable bonds is 4. The van der Waals surface area contributed by atoms with Gasteiger partial charge in [-0.05, 0) is 31.0 Å². The van der Waals surface area contributed by atoms with Gasteiger partial charge in [0, 0.05) is 0 Å². The molecule has 17 heavy (non-hydrogen) atoms. The topological polar surface area (TPSA) is 55.1 Å². The van der Waals surface area contributed by atoms with Gasteiger partial charge >= 0.3 is 0 Å². The van der Waals surface area contributed by atoms with E-state index >= 15 is 0 Å². The molecule has 0 aromatic heterocycles. The van der Waals surface area contributed by atoms with Crippen LogP contribution in [0.4, 0.5) is 0 Å². The first-order valence-corrected chi connectivity index (χ1v) is 6.22. The van der Waals surface area contributed by atoms with E-state index in [4.69, 9.17) is 28.9 Å². The van der Waals surface area contributed by atoms with Crippen molar-refractivity contribution in [1.82, 2.24) is 5.32 Å². The molecule has 1 aromatic rings. The van der Waals surface area contributed by atoms with Gasteiger partial charge in [-0.15, -0.1) is 0 Å². The Labute approximate surface area is 111 Å². The van der Waals surface area contributed by atoms with Crippen molar-refractivity contribution < 1.29 is 4.79 Å². The summed E-state index contributed by atoms with van der Waals surface area (Å²) >= 11 is 11.7. The third-order valence-electron chi connectivity index (χ3n) is 2.58. The molecule has 1 aromatic carbocycles. The van der Waals surface area contributed by atoms with Gasteiger partial charge < -0.3 is 11.1 Å². The summed E-state index contributed by atoms with van der Waals surface area (Å²) in [6.07, 6.45) is 0.611. The van der Waals surface area contributed by atoms with Crippen molar-refractivity contribution in [2.45, 2.75) is 32.4 Å². The number of benzene rings is 1. The summed E-state index contributed by atoms with van der Waals surface area (Å²) in [4.78, 5) is 11.6. The minimum atomic E-state index is -0.472. The Kier molecular flexibility index (Phi) is 5.25. The van der Waals surface area contributed by atoms with E-state index in [0.29, 0.717) is 16.5 Å². The summed E-state index contributed by atoms with van der Waals surface area (Å²) in [7, 11) is 0. The van der Waals surface area contributed by atoms with E-state index in [-0.39, 0.29) is 11.9 Å². The highest BCUT2D eigenvalue weighted by Crippen LogP contribution is 2.25. The zero-order valence-corrected chi connectivity index (χ0v) is 11.3. The first-order chi connectivity index (χ1) is 7.95. The zero-order chi connectivity index (χ0) is 13.0. The summed E-state index contributed by atoms with van der Waals surface area (Å²) in [5.74, 6) is -0.161. The third-order valence-corrected chi connectivity index (χ3v) is 3.32. The van der Waals surface area contributed by atoms with Crippen LogP contribution in [0.2, 0.25) is 10.0 Å². The summed E-state index contributed by atoms with van der Waals surface area (Å²) in [5.41, 5.74) is 6.54. The molecule has 3 N–H and O–H groups in total. The molecule has 0 spiro atoms. The lowest BCUT2D eigenvalue weighted by atomic mass is 10.1. The molecule has 2 atom stereocenters. The van der Waals surface area contributed by atoms with E-state index in [1.807, 2.05) is 19.9 Å². The largest absolute Gasteiger partial charge is 0.348 e. The summed E-state index contributed by atoms with van der Waals surface area (Å²) in [6.45, 7) is 3.74. The van der Waals surface area contributed by atoms with Gasteiger partial charge in [0.15, 0.2) is 0 Å². The van der Waals surface area contributed by atoms with Gasteiger partial charge in [-0.25, -0.2) is 0 Å². The summed E-state index contributed by atoms with van der Waals surface area (Å²) < 4.78 is 0. The number of hydrogen-bond donors (Lipinski definition) is 2. The second-order valence-electron chi connectivity index (χ2n) is 3.92. The van der Waals surface area contributed by atoms with Crippen molar-refractivity contribution in [3.05, 3.63) is 33.8 Å². The molecule has 94 valence electrons. The van der Waals surface area contributed by atoms with E-state index < -0.39 is 6.04 Å². The number of nitrogens with two attached hydrogens (primary N) is 1. The summed E-state index contributed by atoms with van der Waals surface area (Å²) in [5, 5.41) is 3.80. The number of carbonyl (C=O) groups excluding carboxylic acids is 1. The van der Waals surface area contributed by atoms with Crippen molar-refractivity contribution in [1.29, 1.82) is 0 Å². The summed E-state index contributed by atoms with van der Waals surface area (Å²) in [6, 6.07) is 4.67. The van der Waals surface area contributed by atoms with Crippen LogP contribution in [0, 0.1) is 0 Å². The maximum Gasteiger partial charge on any atom is 0.237 e. The first kappa shape index (κ1) is 14.3. The fraction of sp³-hybridized carbons (Fsp3) is 0.417. The van der Waals surface area contributed by atoms with E-state index in [1.165, 1.54) is 0 Å². The quantitative estimate of drug-likeness (QED) is 0.887. The molecule has 1 rings (SSSR count). The number of carbonyl (C=O) groups is 1. The molecule has 0 aliphatic heterocycles. The van der Waals surface area contributed by atoms with Gasteiger partial charge in [0.2, 0.25) is 5.91 Å². The molecule has 0 aliphatic rings. The van der Waals surface area contributed by atoms with Crippen LogP contribution in [0.25, 0.3) is 0 Å². The number of hydrogen-bond acceptors (Lipinski definition) is 2. The Morgan fingerprint density at radius 1 is 1.41 bits per heavy atom. The fourth-order valence-corrected chi connectivity index (χ4v) is 1.68. The van der Waals surface area contributed by atoms with E-state index in [0.717, 1.165) is 5.56 Å². The van der Waals surface area contributed by atoms with Crippen molar-refractivity contribution in [2.75, 3.05) is 0 Å². The Morgan fingerprint density at radius 2 is 2.06 bits per heavy atom. The second kappa shape index (κ2) is 6.24. The van der Waals surface area contributed by atoms with Crippen LogP contribution >= 0.6 is 23.2 Å². The van der Waals surface area contributed by atoms with E-state index in [2.05, 4.69) is 5.32 Å². The molecule has 0 bridgehead atoms.